The highest BCUT2D eigenvalue weighted by molar-refractivity contribution is 5.88. The van der Waals surface area contributed by atoms with Crippen molar-refractivity contribution in [3.63, 3.8) is 0 Å². The molecule has 0 saturated carbocycles. The summed E-state index contributed by atoms with van der Waals surface area (Å²) in [6, 6.07) is 0.965. The van der Waals surface area contributed by atoms with Crippen molar-refractivity contribution in [1.29, 1.82) is 0 Å². The predicted molar refractivity (Wildman–Crippen MR) is 76.6 cm³/mol. The van der Waals surface area contributed by atoms with E-state index in [9.17, 15) is 4.79 Å². The Balaban J connectivity index is 1.78. The molecule has 2 heterocycles. The number of carbonyl (C=O) groups excluding carboxylic acids is 1. The first-order chi connectivity index (χ1) is 9.71. The molecule has 0 bridgehead atoms. The summed E-state index contributed by atoms with van der Waals surface area (Å²) in [5.74, 6) is 1.62. The highest BCUT2D eigenvalue weighted by atomic mass is 16.4. The third-order valence-electron chi connectivity index (χ3n) is 4.64. The highest BCUT2D eigenvalue weighted by Gasteiger charge is 2.37. The van der Waals surface area contributed by atoms with E-state index in [0.717, 1.165) is 30.8 Å². The number of nitrogens with one attached hydrogen (secondary N) is 1. The number of likely N-dealkylation sites (tertiary alicyclic amines) is 1. The molecule has 1 aliphatic heterocycles. The fourth-order valence-corrected chi connectivity index (χ4v) is 3.54. The van der Waals surface area contributed by atoms with Crippen LogP contribution >= 0.6 is 0 Å². The minimum Gasteiger partial charge on any atom is -0.428 e. The van der Waals surface area contributed by atoms with Crippen LogP contribution in [0.3, 0.4) is 0 Å². The maximum absolute atomic E-state index is 11.4. The van der Waals surface area contributed by atoms with Gasteiger partial charge in [0.1, 0.15) is 5.76 Å². The lowest BCUT2D eigenvalue weighted by molar-refractivity contribution is -0.116. The van der Waals surface area contributed by atoms with E-state index in [1.165, 1.54) is 19.4 Å². The van der Waals surface area contributed by atoms with Crippen molar-refractivity contribution in [2.24, 2.45) is 5.92 Å². The summed E-state index contributed by atoms with van der Waals surface area (Å²) in [6.07, 6.45) is 4.93. The lowest BCUT2D eigenvalue weighted by Gasteiger charge is -2.42. The second kappa shape index (κ2) is 5.56. The van der Waals surface area contributed by atoms with Crippen molar-refractivity contribution in [3.8, 4) is 0 Å². The summed E-state index contributed by atoms with van der Waals surface area (Å²) in [5, 5.41) is 2.73. The van der Waals surface area contributed by atoms with Crippen molar-refractivity contribution >= 4 is 11.9 Å². The molecule has 1 N–H and O–H groups in total. The van der Waals surface area contributed by atoms with Gasteiger partial charge in [-0.05, 0) is 38.3 Å². The van der Waals surface area contributed by atoms with Crippen LogP contribution in [0.2, 0.25) is 0 Å². The van der Waals surface area contributed by atoms with Crippen molar-refractivity contribution < 1.29 is 9.21 Å². The van der Waals surface area contributed by atoms with Gasteiger partial charge in [0.15, 0.2) is 0 Å². The number of likely N-dealkylation sites (N-methyl/N-ethyl adjacent to an activating group) is 1. The quantitative estimate of drug-likeness (QED) is 0.920. The Kier molecular flexibility index (Phi) is 3.78. The van der Waals surface area contributed by atoms with Gasteiger partial charge in [0, 0.05) is 18.9 Å². The Labute approximate surface area is 119 Å². The molecule has 5 nitrogen and oxygen atoms in total. The van der Waals surface area contributed by atoms with Crippen LogP contribution in [0.5, 0.6) is 0 Å². The number of anilines is 1. The fourth-order valence-electron chi connectivity index (χ4n) is 3.54. The van der Waals surface area contributed by atoms with E-state index in [4.69, 9.17) is 4.42 Å². The van der Waals surface area contributed by atoms with Crippen molar-refractivity contribution in [2.75, 3.05) is 18.4 Å². The summed E-state index contributed by atoms with van der Waals surface area (Å²) >= 11 is 0. The minimum atomic E-state index is -0.0452. The van der Waals surface area contributed by atoms with Crippen LogP contribution in [-0.2, 0) is 17.6 Å². The van der Waals surface area contributed by atoms with E-state index in [1.807, 2.05) is 6.92 Å². The normalized spacial score (nSPS) is 25.9. The molecule has 3 rings (SSSR count). The fraction of sp³-hybridized carbons (Fsp3) is 0.733. The number of hydrogen-bond donors (Lipinski definition) is 1. The molecule has 110 valence electrons. The van der Waals surface area contributed by atoms with Gasteiger partial charge in [0.25, 0.3) is 0 Å². The average Bonchev–Trinajstić information content (AvgIpc) is 2.84. The summed E-state index contributed by atoms with van der Waals surface area (Å²) in [4.78, 5) is 18.4. The third-order valence-corrected chi connectivity index (χ3v) is 4.64. The monoisotopic (exact) mass is 277 g/mol. The molecule has 1 aromatic heterocycles. The maximum atomic E-state index is 11.4. The molecule has 1 fully saturated rings. The molecular formula is C15H23N3O2. The van der Waals surface area contributed by atoms with E-state index < -0.39 is 0 Å². The number of hydrogen-bond acceptors (Lipinski definition) is 4. The van der Waals surface area contributed by atoms with Crippen LogP contribution in [0.15, 0.2) is 4.42 Å². The molecule has 1 aliphatic carbocycles. The Morgan fingerprint density at radius 2 is 2.30 bits per heavy atom. The van der Waals surface area contributed by atoms with Gasteiger partial charge in [-0.15, -0.1) is 0 Å². The van der Waals surface area contributed by atoms with Gasteiger partial charge in [0.2, 0.25) is 5.91 Å². The Bertz CT molecular complexity index is 497. The summed E-state index contributed by atoms with van der Waals surface area (Å²) in [5.41, 5.74) is 1.05. The van der Waals surface area contributed by atoms with Crippen LogP contribution in [0.1, 0.15) is 44.6 Å². The van der Waals surface area contributed by atoms with Gasteiger partial charge in [0.05, 0.1) is 5.69 Å². The number of oxazole rings is 1. The smallest absolute Gasteiger partial charge is 0.301 e. The zero-order valence-corrected chi connectivity index (χ0v) is 12.3. The molecule has 2 atom stereocenters. The van der Waals surface area contributed by atoms with Crippen molar-refractivity contribution in [2.45, 2.75) is 52.0 Å². The zero-order valence-electron chi connectivity index (χ0n) is 12.3. The number of aromatic nitrogens is 1. The summed E-state index contributed by atoms with van der Waals surface area (Å²) in [6.45, 7) is 6.35. The molecule has 0 unspecified atom stereocenters. The summed E-state index contributed by atoms with van der Waals surface area (Å²) in [7, 11) is 0. The van der Waals surface area contributed by atoms with Gasteiger partial charge in [-0.1, -0.05) is 13.8 Å². The molecule has 5 heteroatoms. The number of nitrogens with zero attached hydrogens (tertiary/aromatic N) is 2. The molecule has 1 saturated heterocycles. The van der Waals surface area contributed by atoms with Gasteiger partial charge >= 0.3 is 6.01 Å². The van der Waals surface area contributed by atoms with Crippen LogP contribution in [0.25, 0.3) is 0 Å². The van der Waals surface area contributed by atoms with Gasteiger partial charge in [-0.25, -0.2) is 0 Å². The van der Waals surface area contributed by atoms with Crippen LogP contribution < -0.4 is 5.32 Å². The zero-order chi connectivity index (χ0) is 14.1. The number of carbonyl (C=O) groups is 1. The van der Waals surface area contributed by atoms with E-state index in [1.54, 1.807) is 0 Å². The molecular weight excluding hydrogens is 254 g/mol. The maximum Gasteiger partial charge on any atom is 0.301 e. The molecule has 2 aliphatic rings. The van der Waals surface area contributed by atoms with E-state index in [2.05, 4.69) is 22.1 Å². The van der Waals surface area contributed by atoms with Gasteiger partial charge in [-0.2, -0.15) is 4.98 Å². The van der Waals surface area contributed by atoms with Gasteiger partial charge in [-0.3, -0.25) is 15.0 Å². The average molecular weight is 277 g/mol. The first-order valence-electron chi connectivity index (χ1n) is 7.73. The minimum absolute atomic E-state index is 0.0452. The van der Waals surface area contributed by atoms with Crippen molar-refractivity contribution in [1.82, 2.24) is 9.88 Å². The first kappa shape index (κ1) is 13.6. The van der Waals surface area contributed by atoms with Gasteiger partial charge < -0.3 is 4.42 Å². The van der Waals surface area contributed by atoms with Crippen LogP contribution in [0, 0.1) is 5.92 Å². The second-order valence-electron chi connectivity index (χ2n) is 5.80. The molecule has 0 radical (unpaired) electrons. The molecule has 0 spiro atoms. The Hall–Kier alpha value is -1.36. The number of fused-ring (bicyclic) bond motifs is 2. The second-order valence-corrected chi connectivity index (χ2v) is 5.80. The third kappa shape index (κ3) is 2.46. The topological polar surface area (TPSA) is 58.4 Å². The standard InChI is InChI=1S/C15H23N3O2/c1-3-14(19)17-15-16-11-8-10-6-5-7-18(4-2)12(10)9-13(11)20-15/h10,12H,3-9H2,1-2H3,(H,16,17,19)/t10-,12-/m0/s1. The number of amides is 1. The highest BCUT2D eigenvalue weighted by Crippen LogP contribution is 2.35. The molecule has 20 heavy (non-hydrogen) atoms. The number of rotatable bonds is 3. The Morgan fingerprint density at radius 1 is 1.45 bits per heavy atom. The summed E-state index contributed by atoms with van der Waals surface area (Å²) < 4.78 is 5.75. The van der Waals surface area contributed by atoms with Crippen molar-refractivity contribution in [3.05, 3.63) is 11.5 Å². The number of piperidine rings is 1. The predicted octanol–water partition coefficient (Wildman–Crippen LogP) is 2.22. The van der Waals surface area contributed by atoms with Crippen LogP contribution in [0.4, 0.5) is 6.01 Å². The molecule has 0 aromatic carbocycles. The first-order valence-corrected chi connectivity index (χ1v) is 7.73. The largest absolute Gasteiger partial charge is 0.428 e. The lowest BCUT2D eigenvalue weighted by atomic mass is 9.79. The molecule has 1 amide bonds. The van der Waals surface area contributed by atoms with E-state index >= 15 is 0 Å². The Morgan fingerprint density at radius 3 is 3.05 bits per heavy atom. The lowest BCUT2D eigenvalue weighted by Crippen LogP contribution is -2.48. The van der Waals surface area contributed by atoms with Crippen LogP contribution in [-0.4, -0.2) is 34.9 Å². The SMILES string of the molecule is CCC(=O)Nc1nc2c(o1)C[C@H]1[C@@H](CCCN1CC)C2. The van der Waals surface area contributed by atoms with E-state index in [-0.39, 0.29) is 5.91 Å². The molecule has 1 aromatic rings. The van der Waals surface area contributed by atoms with E-state index in [0.29, 0.717) is 24.4 Å².